The summed E-state index contributed by atoms with van der Waals surface area (Å²) in [7, 11) is 3.28. The molecule has 2 fully saturated rings. The van der Waals surface area contributed by atoms with Gasteiger partial charge in [0, 0.05) is 62.8 Å². The van der Waals surface area contributed by atoms with E-state index in [9.17, 15) is 9.90 Å². The van der Waals surface area contributed by atoms with Gasteiger partial charge in [0.25, 0.3) is 0 Å². The lowest BCUT2D eigenvalue weighted by Gasteiger charge is -2.38. The molecular formula is C26H34ClN3O5. The Labute approximate surface area is 211 Å². The first-order chi connectivity index (χ1) is 16.8. The monoisotopic (exact) mass is 503 g/mol. The molecule has 0 spiro atoms. The number of hydrogen-bond acceptors (Lipinski definition) is 7. The maximum atomic E-state index is 11.4. The predicted molar refractivity (Wildman–Crippen MR) is 136 cm³/mol. The molecule has 0 aliphatic carbocycles. The van der Waals surface area contributed by atoms with E-state index in [1.807, 2.05) is 30.3 Å². The minimum absolute atomic E-state index is 0.00942. The van der Waals surface area contributed by atoms with E-state index < -0.39 is 5.97 Å². The summed E-state index contributed by atoms with van der Waals surface area (Å²) in [4.78, 5) is 20.0. The van der Waals surface area contributed by atoms with Crippen LogP contribution in [-0.2, 0) is 9.53 Å². The van der Waals surface area contributed by atoms with Gasteiger partial charge in [-0.25, -0.2) is 4.98 Å². The fraction of sp³-hybridized carbons (Fsp3) is 0.538. The summed E-state index contributed by atoms with van der Waals surface area (Å²) in [6, 6.07) is 9.74. The average Bonchev–Trinajstić information content (AvgIpc) is 3.16. The second kappa shape index (κ2) is 10.9. The highest BCUT2D eigenvalue weighted by Gasteiger charge is 2.40. The van der Waals surface area contributed by atoms with Crippen molar-refractivity contribution in [3.8, 4) is 11.6 Å². The van der Waals surface area contributed by atoms with Gasteiger partial charge in [-0.1, -0.05) is 25.4 Å². The number of ether oxygens (including phenoxy) is 3. The van der Waals surface area contributed by atoms with E-state index in [1.165, 1.54) is 0 Å². The fourth-order valence-electron chi connectivity index (χ4n) is 5.26. The lowest BCUT2D eigenvalue weighted by atomic mass is 9.96. The Balaban J connectivity index is 1.40. The quantitative estimate of drug-likeness (QED) is 0.569. The van der Waals surface area contributed by atoms with E-state index in [4.69, 9.17) is 25.8 Å². The molecule has 0 bridgehead atoms. The third-order valence-electron chi connectivity index (χ3n) is 7.30. The Bertz CT molecular complexity index is 1020. The molecule has 2 aliphatic rings. The van der Waals surface area contributed by atoms with Gasteiger partial charge in [-0.05, 0) is 24.3 Å². The van der Waals surface area contributed by atoms with Crippen LogP contribution in [0.2, 0.25) is 5.02 Å². The molecule has 2 saturated heterocycles. The predicted octanol–water partition coefficient (Wildman–Crippen LogP) is 4.35. The van der Waals surface area contributed by atoms with E-state index in [-0.39, 0.29) is 30.6 Å². The summed E-state index contributed by atoms with van der Waals surface area (Å²) < 4.78 is 17.2. The van der Waals surface area contributed by atoms with Crippen molar-refractivity contribution in [2.45, 2.75) is 44.9 Å². The fourth-order valence-corrected chi connectivity index (χ4v) is 5.48. The van der Waals surface area contributed by atoms with Crippen LogP contribution in [0.15, 0.2) is 36.5 Å². The summed E-state index contributed by atoms with van der Waals surface area (Å²) in [6.07, 6.45) is 2.67. The van der Waals surface area contributed by atoms with Crippen LogP contribution in [0.5, 0.6) is 11.6 Å². The van der Waals surface area contributed by atoms with Gasteiger partial charge in [-0.2, -0.15) is 0 Å². The van der Waals surface area contributed by atoms with Crippen molar-refractivity contribution in [3.05, 3.63) is 41.6 Å². The van der Waals surface area contributed by atoms with Gasteiger partial charge in [-0.15, -0.1) is 0 Å². The SMILES string of the molecule is COc1cc(N2CCC(Oc3ccc(N4C[C@@H](OC)[C@H](C)[C@H]4CC(=O)O)cc3)C(C)C2)c(Cl)cn1. The molecule has 1 aromatic carbocycles. The zero-order valence-corrected chi connectivity index (χ0v) is 21.4. The highest BCUT2D eigenvalue weighted by molar-refractivity contribution is 6.33. The van der Waals surface area contributed by atoms with Crippen molar-refractivity contribution in [3.63, 3.8) is 0 Å². The highest BCUT2D eigenvalue weighted by Crippen LogP contribution is 2.35. The first-order valence-corrected chi connectivity index (χ1v) is 12.4. The van der Waals surface area contributed by atoms with Crippen molar-refractivity contribution in [1.82, 2.24) is 4.98 Å². The number of carbonyl (C=O) groups is 1. The minimum Gasteiger partial charge on any atom is -0.490 e. The number of pyridine rings is 1. The maximum Gasteiger partial charge on any atom is 0.305 e. The molecule has 0 amide bonds. The van der Waals surface area contributed by atoms with Crippen LogP contribution in [0, 0.1) is 11.8 Å². The smallest absolute Gasteiger partial charge is 0.305 e. The molecule has 2 unspecified atom stereocenters. The number of carboxylic acid groups (broad SMARTS) is 1. The van der Waals surface area contributed by atoms with E-state index >= 15 is 0 Å². The molecule has 2 aliphatic heterocycles. The number of methoxy groups -OCH3 is 2. The molecular weight excluding hydrogens is 470 g/mol. The number of halogens is 1. The van der Waals surface area contributed by atoms with Crippen LogP contribution in [0.25, 0.3) is 0 Å². The second-order valence-corrected chi connectivity index (χ2v) is 9.90. The van der Waals surface area contributed by atoms with E-state index in [0.717, 1.165) is 36.6 Å². The Morgan fingerprint density at radius 3 is 2.54 bits per heavy atom. The average molecular weight is 504 g/mol. The van der Waals surface area contributed by atoms with Gasteiger partial charge in [-0.3, -0.25) is 4.79 Å². The molecule has 5 atom stereocenters. The maximum absolute atomic E-state index is 11.4. The zero-order chi connectivity index (χ0) is 25.1. The third-order valence-corrected chi connectivity index (χ3v) is 7.59. The van der Waals surface area contributed by atoms with Crippen LogP contribution < -0.4 is 19.3 Å². The number of nitrogens with zero attached hydrogens (tertiary/aromatic N) is 3. The summed E-state index contributed by atoms with van der Waals surface area (Å²) in [6.45, 7) is 6.55. The van der Waals surface area contributed by atoms with Crippen LogP contribution in [0.3, 0.4) is 0 Å². The van der Waals surface area contributed by atoms with Crippen LogP contribution in [0.4, 0.5) is 11.4 Å². The highest BCUT2D eigenvalue weighted by atomic mass is 35.5. The first kappa shape index (κ1) is 25.4. The number of benzene rings is 1. The van der Waals surface area contributed by atoms with Crippen LogP contribution >= 0.6 is 11.6 Å². The largest absolute Gasteiger partial charge is 0.490 e. The van der Waals surface area contributed by atoms with Crippen molar-refractivity contribution < 1.29 is 24.1 Å². The molecule has 1 aromatic heterocycles. The number of anilines is 2. The van der Waals surface area contributed by atoms with Crippen LogP contribution in [0.1, 0.15) is 26.7 Å². The van der Waals surface area contributed by atoms with Crippen LogP contribution in [-0.4, -0.2) is 68.2 Å². The van der Waals surface area contributed by atoms with Crippen molar-refractivity contribution in [2.24, 2.45) is 11.8 Å². The van der Waals surface area contributed by atoms with Gasteiger partial charge in [0.05, 0.1) is 36.5 Å². The molecule has 3 heterocycles. The molecule has 9 heteroatoms. The Morgan fingerprint density at radius 2 is 1.91 bits per heavy atom. The summed E-state index contributed by atoms with van der Waals surface area (Å²) in [5, 5.41) is 10.0. The van der Waals surface area contributed by atoms with Gasteiger partial charge >= 0.3 is 5.97 Å². The van der Waals surface area contributed by atoms with Crippen molar-refractivity contribution in [1.29, 1.82) is 0 Å². The van der Waals surface area contributed by atoms with E-state index in [2.05, 4.69) is 28.6 Å². The summed E-state index contributed by atoms with van der Waals surface area (Å²) >= 11 is 6.40. The summed E-state index contributed by atoms with van der Waals surface area (Å²) in [5.74, 6) is 0.987. The first-order valence-electron chi connectivity index (χ1n) is 12.0. The molecule has 1 N–H and O–H groups in total. The lowest BCUT2D eigenvalue weighted by Crippen LogP contribution is -2.44. The van der Waals surface area contributed by atoms with Gasteiger partial charge in [0.1, 0.15) is 11.9 Å². The molecule has 0 radical (unpaired) electrons. The molecule has 0 saturated carbocycles. The normalized spacial score (nSPS) is 26.6. The third kappa shape index (κ3) is 5.59. The number of carboxylic acids is 1. The Hall–Kier alpha value is -2.71. The number of aromatic nitrogens is 1. The lowest BCUT2D eigenvalue weighted by molar-refractivity contribution is -0.137. The Kier molecular flexibility index (Phi) is 7.91. The molecule has 35 heavy (non-hydrogen) atoms. The van der Waals surface area contributed by atoms with Crippen molar-refractivity contribution in [2.75, 3.05) is 43.7 Å². The van der Waals surface area contributed by atoms with Gasteiger partial charge < -0.3 is 29.1 Å². The number of rotatable bonds is 8. The van der Waals surface area contributed by atoms with Crippen molar-refractivity contribution >= 4 is 28.9 Å². The van der Waals surface area contributed by atoms with Gasteiger partial charge in [0.2, 0.25) is 5.88 Å². The standard InChI is InChI=1S/C26H34ClN3O5/c1-16-14-29(22-11-25(34-4)28-13-20(22)27)10-9-23(16)35-19-7-5-18(6-8-19)30-15-24(33-3)17(2)21(30)12-26(31)32/h5-8,11,13,16-17,21,23-24H,9-10,12,14-15H2,1-4H3,(H,31,32)/t16?,17-,21-,23?,24-/m1/s1. The number of piperidine rings is 1. The summed E-state index contributed by atoms with van der Waals surface area (Å²) in [5.41, 5.74) is 1.91. The zero-order valence-electron chi connectivity index (χ0n) is 20.7. The molecule has 4 rings (SSSR count). The molecule has 2 aromatic rings. The molecule has 190 valence electrons. The topological polar surface area (TPSA) is 84.4 Å². The van der Waals surface area contributed by atoms with E-state index in [1.54, 1.807) is 20.4 Å². The second-order valence-electron chi connectivity index (χ2n) is 9.49. The van der Waals surface area contributed by atoms with Gasteiger partial charge in [0.15, 0.2) is 0 Å². The Morgan fingerprint density at radius 1 is 1.17 bits per heavy atom. The minimum atomic E-state index is -0.796. The van der Waals surface area contributed by atoms with E-state index in [0.29, 0.717) is 23.4 Å². The number of hydrogen-bond donors (Lipinski definition) is 1. The number of aliphatic carboxylic acids is 1. The molecule has 8 nitrogen and oxygen atoms in total.